The van der Waals surface area contributed by atoms with Crippen molar-refractivity contribution in [2.75, 3.05) is 46.1 Å². The van der Waals surface area contributed by atoms with Crippen LogP contribution in [0.15, 0.2) is 12.3 Å². The van der Waals surface area contributed by atoms with E-state index in [2.05, 4.69) is 10.3 Å². The lowest BCUT2D eigenvalue weighted by Gasteiger charge is -2.24. The van der Waals surface area contributed by atoms with Crippen LogP contribution in [0.25, 0.3) is 0 Å². The van der Waals surface area contributed by atoms with Crippen LogP contribution < -0.4 is 5.32 Å². The van der Waals surface area contributed by atoms with Crippen LogP contribution in [0.4, 0.5) is 10.2 Å². The number of carbonyl (C=O) groups excluding carboxylic acids is 1. The normalized spacial score (nSPS) is 10.7. The molecule has 1 heterocycles. The first-order valence-corrected chi connectivity index (χ1v) is 6.76. The summed E-state index contributed by atoms with van der Waals surface area (Å²) in [6.07, 6.45) is 1.96. The van der Waals surface area contributed by atoms with Crippen LogP contribution >= 0.6 is 0 Å². The number of hydrogen-bond acceptors (Lipinski definition) is 4. The number of likely N-dealkylation sites (N-methyl/N-ethyl adjacent to an activating group) is 1. The van der Waals surface area contributed by atoms with Crippen molar-refractivity contribution < 1.29 is 9.18 Å². The van der Waals surface area contributed by atoms with Gasteiger partial charge in [0.05, 0.1) is 11.8 Å². The smallest absolute Gasteiger partial charge is 0.257 e. The number of carbonyl (C=O) groups is 1. The molecule has 6 heteroatoms. The van der Waals surface area contributed by atoms with Crippen LogP contribution in [0.3, 0.4) is 0 Å². The van der Waals surface area contributed by atoms with Crippen LogP contribution in [0, 0.1) is 5.82 Å². The Morgan fingerprint density at radius 2 is 2.05 bits per heavy atom. The van der Waals surface area contributed by atoms with Crippen molar-refractivity contribution in [1.82, 2.24) is 14.8 Å². The molecule has 0 fully saturated rings. The number of nitrogens with zero attached hydrogens (tertiary/aromatic N) is 3. The highest BCUT2D eigenvalue weighted by Crippen LogP contribution is 2.16. The average molecular weight is 282 g/mol. The summed E-state index contributed by atoms with van der Waals surface area (Å²) in [6, 6.07) is 1.24. The highest BCUT2D eigenvalue weighted by Gasteiger charge is 2.19. The zero-order valence-corrected chi connectivity index (χ0v) is 12.6. The van der Waals surface area contributed by atoms with Gasteiger partial charge in [-0.05, 0) is 26.6 Å². The lowest BCUT2D eigenvalue weighted by Crippen LogP contribution is -2.37. The molecule has 0 atom stereocenters. The van der Waals surface area contributed by atoms with E-state index in [1.807, 2.05) is 25.9 Å². The molecule has 0 aliphatic heterocycles. The predicted molar refractivity (Wildman–Crippen MR) is 78.5 cm³/mol. The van der Waals surface area contributed by atoms with Crippen LogP contribution in [0.1, 0.15) is 23.7 Å². The summed E-state index contributed by atoms with van der Waals surface area (Å²) >= 11 is 0. The zero-order chi connectivity index (χ0) is 15.1. The molecule has 0 spiro atoms. The molecule has 1 N–H and O–H groups in total. The van der Waals surface area contributed by atoms with E-state index in [1.54, 1.807) is 11.9 Å². The first-order chi connectivity index (χ1) is 9.49. The number of rotatable bonds is 7. The summed E-state index contributed by atoms with van der Waals surface area (Å²) in [5, 5.41) is 2.83. The Kier molecular flexibility index (Phi) is 6.38. The maximum absolute atomic E-state index is 13.3. The van der Waals surface area contributed by atoms with Gasteiger partial charge < -0.3 is 15.1 Å². The molecule has 1 rings (SSSR count). The van der Waals surface area contributed by atoms with Gasteiger partial charge in [-0.15, -0.1) is 0 Å². The third kappa shape index (κ3) is 4.45. The van der Waals surface area contributed by atoms with Crippen molar-refractivity contribution in [2.24, 2.45) is 0 Å². The highest BCUT2D eigenvalue weighted by atomic mass is 19.1. The Morgan fingerprint density at radius 1 is 1.35 bits per heavy atom. The molecule has 0 aromatic carbocycles. The Balaban J connectivity index is 2.95. The molecule has 1 amide bonds. The molecule has 5 nitrogen and oxygen atoms in total. The topological polar surface area (TPSA) is 48.5 Å². The third-order valence-corrected chi connectivity index (χ3v) is 2.92. The van der Waals surface area contributed by atoms with Crippen molar-refractivity contribution >= 4 is 11.7 Å². The maximum atomic E-state index is 13.3. The number of pyridine rings is 1. The Labute approximate surface area is 119 Å². The quantitative estimate of drug-likeness (QED) is 0.826. The lowest BCUT2D eigenvalue weighted by atomic mass is 10.2. The van der Waals surface area contributed by atoms with Gasteiger partial charge in [-0.25, -0.2) is 9.37 Å². The van der Waals surface area contributed by atoms with Crippen LogP contribution in [-0.2, 0) is 0 Å². The monoisotopic (exact) mass is 282 g/mol. The SMILES string of the molecule is CCCN(CCN(C)C)C(=O)c1cc(F)cnc1NC. The first-order valence-electron chi connectivity index (χ1n) is 6.76. The summed E-state index contributed by atoms with van der Waals surface area (Å²) in [5.74, 6) is -0.288. The Hall–Kier alpha value is -1.69. The van der Waals surface area contributed by atoms with Gasteiger partial charge in [0, 0.05) is 26.7 Å². The zero-order valence-electron chi connectivity index (χ0n) is 12.6. The highest BCUT2D eigenvalue weighted by molar-refractivity contribution is 5.98. The van der Waals surface area contributed by atoms with Crippen molar-refractivity contribution in [3.63, 3.8) is 0 Å². The molecule has 0 saturated carbocycles. The van der Waals surface area contributed by atoms with E-state index in [0.717, 1.165) is 19.2 Å². The second kappa shape index (κ2) is 7.79. The van der Waals surface area contributed by atoms with Gasteiger partial charge in [0.15, 0.2) is 0 Å². The molecular weight excluding hydrogens is 259 g/mol. The summed E-state index contributed by atoms with van der Waals surface area (Å²) in [6.45, 7) is 4.04. The second-order valence-corrected chi connectivity index (χ2v) is 4.90. The fourth-order valence-electron chi connectivity index (χ4n) is 1.88. The van der Waals surface area contributed by atoms with E-state index >= 15 is 0 Å². The molecule has 0 aliphatic rings. The van der Waals surface area contributed by atoms with E-state index in [9.17, 15) is 9.18 Å². The molecule has 0 bridgehead atoms. The average Bonchev–Trinajstić information content (AvgIpc) is 2.42. The largest absolute Gasteiger partial charge is 0.372 e. The Morgan fingerprint density at radius 3 is 2.60 bits per heavy atom. The number of anilines is 1. The summed E-state index contributed by atoms with van der Waals surface area (Å²) in [4.78, 5) is 20.2. The maximum Gasteiger partial charge on any atom is 0.257 e. The van der Waals surface area contributed by atoms with Gasteiger partial charge in [-0.3, -0.25) is 4.79 Å². The number of hydrogen-bond donors (Lipinski definition) is 1. The number of amides is 1. The standard InChI is InChI=1S/C14H23FN4O/c1-5-6-19(8-7-18(3)4)14(20)12-9-11(15)10-17-13(12)16-2/h9-10H,5-8H2,1-4H3,(H,16,17). The van der Waals surface area contributed by atoms with E-state index in [4.69, 9.17) is 0 Å². The van der Waals surface area contributed by atoms with Gasteiger partial charge in [-0.2, -0.15) is 0 Å². The minimum absolute atomic E-state index is 0.190. The molecule has 20 heavy (non-hydrogen) atoms. The van der Waals surface area contributed by atoms with E-state index < -0.39 is 5.82 Å². The molecule has 112 valence electrons. The fraction of sp³-hybridized carbons (Fsp3) is 0.571. The number of nitrogens with one attached hydrogen (secondary N) is 1. The molecular formula is C14H23FN4O. The lowest BCUT2D eigenvalue weighted by molar-refractivity contribution is 0.0745. The molecule has 1 aromatic heterocycles. The summed E-state index contributed by atoms with van der Waals surface area (Å²) < 4.78 is 13.3. The molecule has 0 aliphatic carbocycles. The molecule has 0 radical (unpaired) electrons. The van der Waals surface area contributed by atoms with Crippen molar-refractivity contribution in [3.8, 4) is 0 Å². The minimum Gasteiger partial charge on any atom is -0.372 e. The van der Waals surface area contributed by atoms with Gasteiger partial charge >= 0.3 is 0 Å². The van der Waals surface area contributed by atoms with E-state index in [0.29, 0.717) is 18.9 Å². The second-order valence-electron chi connectivity index (χ2n) is 4.90. The van der Waals surface area contributed by atoms with Crippen molar-refractivity contribution in [1.29, 1.82) is 0 Å². The predicted octanol–water partition coefficient (Wildman–Crippen LogP) is 1.68. The van der Waals surface area contributed by atoms with Gasteiger partial charge in [0.25, 0.3) is 5.91 Å². The van der Waals surface area contributed by atoms with Crippen molar-refractivity contribution in [3.05, 3.63) is 23.6 Å². The van der Waals surface area contributed by atoms with Crippen molar-refractivity contribution in [2.45, 2.75) is 13.3 Å². The fourth-order valence-corrected chi connectivity index (χ4v) is 1.88. The van der Waals surface area contributed by atoms with Gasteiger partial charge in [0.1, 0.15) is 11.6 Å². The summed E-state index contributed by atoms with van der Waals surface area (Å²) in [7, 11) is 5.58. The van der Waals surface area contributed by atoms with Crippen LogP contribution in [0.5, 0.6) is 0 Å². The van der Waals surface area contributed by atoms with Gasteiger partial charge in [0.2, 0.25) is 0 Å². The van der Waals surface area contributed by atoms with E-state index in [-0.39, 0.29) is 11.5 Å². The molecule has 0 saturated heterocycles. The number of halogens is 1. The van der Waals surface area contributed by atoms with Gasteiger partial charge in [-0.1, -0.05) is 6.92 Å². The number of aromatic nitrogens is 1. The van der Waals surface area contributed by atoms with Crippen LogP contribution in [0.2, 0.25) is 0 Å². The first kappa shape index (κ1) is 16.4. The van der Waals surface area contributed by atoms with Crippen LogP contribution in [-0.4, -0.2) is 61.5 Å². The summed E-state index contributed by atoms with van der Waals surface area (Å²) in [5.41, 5.74) is 0.278. The third-order valence-electron chi connectivity index (χ3n) is 2.92. The Bertz CT molecular complexity index is 451. The molecule has 0 unspecified atom stereocenters. The minimum atomic E-state index is -0.503. The van der Waals surface area contributed by atoms with E-state index in [1.165, 1.54) is 6.07 Å². The molecule has 1 aromatic rings.